The Balaban J connectivity index is 0.00000121. The second kappa shape index (κ2) is 14.1. The highest BCUT2D eigenvalue weighted by molar-refractivity contribution is 5.98. The second-order valence-electron chi connectivity index (χ2n) is 8.90. The van der Waals surface area contributed by atoms with Gasteiger partial charge in [-0.15, -0.1) is 0 Å². The van der Waals surface area contributed by atoms with Crippen LogP contribution in [0.2, 0.25) is 0 Å². The molecular formula is C31H36FN3O3. The number of nitrogens with two attached hydrogens (primary N) is 1. The zero-order valence-electron chi connectivity index (χ0n) is 22.2. The third-order valence-electron chi connectivity index (χ3n) is 6.86. The summed E-state index contributed by atoms with van der Waals surface area (Å²) >= 11 is 0. The van der Waals surface area contributed by atoms with E-state index >= 15 is 0 Å². The molecule has 4 rings (SSSR count). The molecule has 7 heteroatoms. The van der Waals surface area contributed by atoms with Gasteiger partial charge in [-0.05, 0) is 73.5 Å². The zero-order chi connectivity index (χ0) is 28.3. The average Bonchev–Trinajstić information content (AvgIpc) is 3.27. The van der Waals surface area contributed by atoms with E-state index in [1.54, 1.807) is 24.1 Å². The molecule has 2 aliphatic rings. The van der Waals surface area contributed by atoms with Gasteiger partial charge in [0.15, 0.2) is 0 Å². The number of rotatable bonds is 8. The minimum atomic E-state index is -0.945. The van der Waals surface area contributed by atoms with Crippen LogP contribution in [0.15, 0.2) is 73.4 Å². The molecule has 2 aromatic carbocycles. The van der Waals surface area contributed by atoms with Gasteiger partial charge in [-0.3, -0.25) is 4.79 Å². The van der Waals surface area contributed by atoms with E-state index in [0.29, 0.717) is 18.5 Å². The second-order valence-corrected chi connectivity index (χ2v) is 8.90. The monoisotopic (exact) mass is 517 g/mol. The summed E-state index contributed by atoms with van der Waals surface area (Å²) in [7, 11) is 3.24. The first-order valence-corrected chi connectivity index (χ1v) is 12.3. The number of likely N-dealkylation sites (N-methyl/N-ethyl adjacent to an activating group) is 1. The molecule has 0 fully saturated rings. The van der Waals surface area contributed by atoms with E-state index in [1.165, 1.54) is 24.7 Å². The third-order valence-corrected chi connectivity index (χ3v) is 6.86. The van der Waals surface area contributed by atoms with Crippen molar-refractivity contribution in [2.75, 3.05) is 20.6 Å². The number of nitrogens with zero attached hydrogens (tertiary/aromatic N) is 1. The summed E-state index contributed by atoms with van der Waals surface area (Å²) in [5.41, 5.74) is 9.24. The Morgan fingerprint density at radius 1 is 1.21 bits per heavy atom. The van der Waals surface area contributed by atoms with Crippen molar-refractivity contribution in [3.05, 3.63) is 107 Å². The van der Waals surface area contributed by atoms with E-state index in [4.69, 9.17) is 4.79 Å². The Hall–Kier alpha value is -3.94. The lowest BCUT2D eigenvalue weighted by molar-refractivity contribution is -0.115. The Morgan fingerprint density at radius 2 is 1.95 bits per heavy atom. The number of hydrogen-bond acceptors (Lipinski definition) is 5. The molecule has 200 valence electrons. The van der Waals surface area contributed by atoms with Gasteiger partial charge in [-0.25, -0.2) is 4.39 Å². The lowest BCUT2D eigenvalue weighted by Gasteiger charge is -2.38. The summed E-state index contributed by atoms with van der Waals surface area (Å²) in [5, 5.41) is 3.18. The van der Waals surface area contributed by atoms with E-state index in [-0.39, 0.29) is 18.4 Å². The van der Waals surface area contributed by atoms with E-state index in [2.05, 4.69) is 48.8 Å². The number of carbonyl (C=O) groups is 3. The van der Waals surface area contributed by atoms with Crippen molar-refractivity contribution in [2.45, 2.75) is 25.4 Å². The maximum Gasteiger partial charge on any atom is 0.254 e. The first-order chi connectivity index (χ1) is 18.4. The summed E-state index contributed by atoms with van der Waals surface area (Å²) in [6, 6.07) is 10.6. The van der Waals surface area contributed by atoms with Gasteiger partial charge in [0.05, 0.1) is 5.54 Å². The van der Waals surface area contributed by atoms with Crippen LogP contribution in [0.1, 0.15) is 39.0 Å². The number of aryl methyl sites for hydroxylation is 1. The topological polar surface area (TPSA) is 92.5 Å². The molecule has 0 bridgehead atoms. The molecule has 2 atom stereocenters. The minimum Gasteiger partial charge on any atom is -0.333 e. The average molecular weight is 518 g/mol. The zero-order valence-corrected chi connectivity index (χ0v) is 22.2. The molecular weight excluding hydrogens is 481 g/mol. The van der Waals surface area contributed by atoms with E-state index in [9.17, 15) is 14.0 Å². The Labute approximate surface area is 224 Å². The summed E-state index contributed by atoms with van der Waals surface area (Å²) in [4.78, 5) is 34.9. The van der Waals surface area contributed by atoms with E-state index < -0.39 is 11.4 Å². The van der Waals surface area contributed by atoms with Crippen molar-refractivity contribution in [1.82, 2.24) is 10.2 Å². The number of nitrogens with one attached hydrogen (secondary N) is 1. The molecule has 1 unspecified atom stereocenters. The smallest absolute Gasteiger partial charge is 0.254 e. The van der Waals surface area contributed by atoms with Crippen molar-refractivity contribution in [2.24, 2.45) is 11.7 Å². The molecule has 0 saturated heterocycles. The van der Waals surface area contributed by atoms with Crippen LogP contribution in [0.25, 0.3) is 11.6 Å². The summed E-state index contributed by atoms with van der Waals surface area (Å²) in [6.45, 7) is 8.39. The van der Waals surface area contributed by atoms with Gasteiger partial charge < -0.3 is 25.5 Å². The minimum absolute atomic E-state index is 0.127. The van der Waals surface area contributed by atoms with Crippen LogP contribution in [-0.2, 0) is 16.1 Å². The van der Waals surface area contributed by atoms with Crippen LogP contribution in [-0.4, -0.2) is 50.1 Å². The van der Waals surface area contributed by atoms with Crippen molar-refractivity contribution < 1.29 is 18.8 Å². The molecule has 0 spiro atoms. The van der Waals surface area contributed by atoms with Crippen LogP contribution in [0.4, 0.5) is 4.39 Å². The molecule has 6 nitrogen and oxygen atoms in total. The number of hydrogen-bond donors (Lipinski definition) is 2. The number of benzene rings is 2. The quantitative estimate of drug-likeness (QED) is 0.398. The summed E-state index contributed by atoms with van der Waals surface area (Å²) < 4.78 is 13.6. The van der Waals surface area contributed by atoms with E-state index in [1.807, 2.05) is 31.1 Å². The highest BCUT2D eigenvalue weighted by Gasteiger charge is 2.41. The fourth-order valence-electron chi connectivity index (χ4n) is 4.73. The number of halogens is 1. The van der Waals surface area contributed by atoms with Crippen LogP contribution in [0.3, 0.4) is 0 Å². The van der Waals surface area contributed by atoms with Crippen LogP contribution in [0, 0.1) is 18.7 Å². The van der Waals surface area contributed by atoms with Crippen molar-refractivity contribution in [3.8, 4) is 0 Å². The Kier molecular flexibility index (Phi) is 11.3. The summed E-state index contributed by atoms with van der Waals surface area (Å²) in [6.07, 6.45) is 13.5. The Bertz CT molecular complexity index is 1250. The highest BCUT2D eigenvalue weighted by Crippen LogP contribution is 2.33. The van der Waals surface area contributed by atoms with Gasteiger partial charge in [0.1, 0.15) is 18.9 Å². The molecule has 1 amide bonds. The van der Waals surface area contributed by atoms with Gasteiger partial charge >= 0.3 is 0 Å². The number of carbonyl (C=O) groups excluding carboxylic acids is 3. The van der Waals surface area contributed by atoms with E-state index in [0.717, 1.165) is 28.5 Å². The Morgan fingerprint density at radius 3 is 2.55 bits per heavy atom. The molecule has 1 aliphatic carbocycles. The van der Waals surface area contributed by atoms with Gasteiger partial charge in [0, 0.05) is 24.6 Å². The number of fused-ring (bicyclic) bond motifs is 1. The lowest BCUT2D eigenvalue weighted by atomic mass is 9.78. The molecule has 0 saturated carbocycles. The molecule has 1 heterocycles. The molecule has 2 aromatic rings. The number of allylic oxidation sites excluding steroid dienone is 5. The first kappa shape index (κ1) is 30.3. The van der Waals surface area contributed by atoms with Gasteiger partial charge in [-0.1, -0.05) is 61.2 Å². The highest BCUT2D eigenvalue weighted by atomic mass is 19.1. The molecule has 38 heavy (non-hydrogen) atoms. The molecule has 1 aliphatic heterocycles. The fourth-order valence-corrected chi connectivity index (χ4v) is 4.73. The number of amides is 1. The molecule has 0 radical (unpaired) electrons. The number of aldehydes is 1. The normalized spacial score (nSPS) is 17.4. The summed E-state index contributed by atoms with van der Waals surface area (Å²) in [5.74, 6) is -0.805. The van der Waals surface area contributed by atoms with Gasteiger partial charge in [-0.2, -0.15) is 0 Å². The van der Waals surface area contributed by atoms with Crippen LogP contribution >= 0.6 is 0 Å². The third kappa shape index (κ3) is 6.49. The van der Waals surface area contributed by atoms with Crippen molar-refractivity contribution in [3.63, 3.8) is 0 Å². The van der Waals surface area contributed by atoms with Crippen LogP contribution in [0.5, 0.6) is 0 Å². The van der Waals surface area contributed by atoms with Crippen LogP contribution < -0.4 is 11.1 Å². The van der Waals surface area contributed by atoms with Crippen molar-refractivity contribution >= 4 is 30.6 Å². The SMILES string of the molecule is C=C/C=C\c1cc(C2=CCC([C@@](C=O)(CN3Cc4ccc(F)cc4C3=O)NC)C=C2)ccc1C.C=O.CN. The van der Waals surface area contributed by atoms with Gasteiger partial charge in [0.25, 0.3) is 5.91 Å². The lowest BCUT2D eigenvalue weighted by Crippen LogP contribution is -2.58. The fraction of sp³-hybridized carbons (Fsp3) is 0.258. The first-order valence-electron chi connectivity index (χ1n) is 12.3. The van der Waals surface area contributed by atoms with Crippen molar-refractivity contribution in [1.29, 1.82) is 0 Å². The van der Waals surface area contributed by atoms with Gasteiger partial charge in [0.2, 0.25) is 0 Å². The molecule has 3 N–H and O–H groups in total. The predicted molar refractivity (Wildman–Crippen MR) is 152 cm³/mol. The predicted octanol–water partition coefficient (Wildman–Crippen LogP) is 4.50. The molecule has 0 aromatic heterocycles. The standard InChI is InChI=1S/C29H29FN2O2.CH5N.CH2O/c1-4-5-6-22-15-23(8-7-20(22)2)21-9-12-25(13-10-21)29(19-33,31-3)18-32-17-24-11-14-26(30)16-27(24)28(32)34;2*1-2/h4-12,14-16,19,25,31H,1,13,17-18H2,2-3H3;2H2,1H3;1H2/b6-5-;;/t25?,29-;;/m0../s1. The maximum absolute atomic E-state index is 13.6. The maximum atomic E-state index is 13.6. The largest absolute Gasteiger partial charge is 0.333 e.